The van der Waals surface area contributed by atoms with Crippen LogP contribution >= 0.6 is 11.8 Å². The number of esters is 1. The second-order valence-corrected chi connectivity index (χ2v) is 7.16. The molecule has 2 aromatic rings. The second kappa shape index (κ2) is 7.21. The number of hydrogen-bond acceptors (Lipinski definition) is 6. The molecule has 0 saturated heterocycles. The molecule has 0 aliphatic rings. The number of nitrogens with one attached hydrogen (secondary N) is 1. The summed E-state index contributed by atoms with van der Waals surface area (Å²) >= 11 is 1.35. The lowest BCUT2D eigenvalue weighted by molar-refractivity contribution is 0.0599. The van der Waals surface area contributed by atoms with Crippen molar-refractivity contribution in [2.24, 2.45) is 0 Å². The molecule has 24 heavy (non-hydrogen) atoms. The van der Waals surface area contributed by atoms with Crippen LogP contribution in [0.3, 0.4) is 0 Å². The SMILES string of the molecule is COC(=O)c1c(C)[nH]c(C(=O)[C@H](C)Sc2nncn2C(C)C)c1C. The van der Waals surface area contributed by atoms with Crippen LogP contribution in [0.2, 0.25) is 0 Å². The number of ketones is 1. The maximum atomic E-state index is 12.8. The third kappa shape index (κ3) is 3.38. The van der Waals surface area contributed by atoms with Gasteiger partial charge in [-0.2, -0.15) is 0 Å². The fraction of sp³-hybridized carbons (Fsp3) is 0.500. The summed E-state index contributed by atoms with van der Waals surface area (Å²) in [6.07, 6.45) is 1.66. The van der Waals surface area contributed by atoms with E-state index >= 15 is 0 Å². The van der Waals surface area contributed by atoms with Gasteiger partial charge in [-0.3, -0.25) is 4.79 Å². The van der Waals surface area contributed by atoms with E-state index in [0.29, 0.717) is 27.7 Å². The minimum Gasteiger partial charge on any atom is -0.465 e. The van der Waals surface area contributed by atoms with Crippen molar-refractivity contribution >= 4 is 23.5 Å². The Morgan fingerprint density at radius 3 is 2.54 bits per heavy atom. The van der Waals surface area contributed by atoms with Crippen LogP contribution < -0.4 is 0 Å². The minimum absolute atomic E-state index is 0.0888. The fourth-order valence-corrected chi connectivity index (χ4v) is 3.51. The number of nitrogens with zero attached hydrogens (tertiary/aromatic N) is 3. The van der Waals surface area contributed by atoms with Gasteiger partial charge in [0.05, 0.1) is 23.6 Å². The van der Waals surface area contributed by atoms with E-state index < -0.39 is 5.97 Å². The molecule has 1 N–H and O–H groups in total. The molecule has 2 rings (SSSR count). The molecule has 0 bridgehead atoms. The van der Waals surface area contributed by atoms with Crippen molar-refractivity contribution in [3.63, 3.8) is 0 Å². The fourth-order valence-electron chi connectivity index (χ4n) is 2.49. The first kappa shape index (κ1) is 18.3. The van der Waals surface area contributed by atoms with Gasteiger partial charge in [0.1, 0.15) is 6.33 Å². The maximum Gasteiger partial charge on any atom is 0.339 e. The summed E-state index contributed by atoms with van der Waals surface area (Å²) in [5.41, 5.74) is 2.10. The van der Waals surface area contributed by atoms with E-state index in [-0.39, 0.29) is 17.1 Å². The van der Waals surface area contributed by atoms with E-state index in [0.717, 1.165) is 0 Å². The van der Waals surface area contributed by atoms with Crippen molar-refractivity contribution in [3.05, 3.63) is 28.8 Å². The molecule has 0 aromatic carbocycles. The van der Waals surface area contributed by atoms with E-state index in [1.165, 1.54) is 18.9 Å². The number of hydrogen-bond donors (Lipinski definition) is 1. The van der Waals surface area contributed by atoms with Crippen molar-refractivity contribution in [1.29, 1.82) is 0 Å². The molecule has 8 heteroatoms. The summed E-state index contributed by atoms with van der Waals surface area (Å²) in [5, 5.41) is 8.32. The number of carbonyl (C=O) groups is 2. The normalized spacial score (nSPS) is 12.5. The van der Waals surface area contributed by atoms with Crippen molar-refractivity contribution in [1.82, 2.24) is 19.7 Å². The zero-order valence-electron chi connectivity index (χ0n) is 14.7. The van der Waals surface area contributed by atoms with Gasteiger partial charge in [0.15, 0.2) is 10.9 Å². The Labute approximate surface area is 145 Å². The van der Waals surface area contributed by atoms with Gasteiger partial charge in [0, 0.05) is 11.7 Å². The summed E-state index contributed by atoms with van der Waals surface area (Å²) in [6.45, 7) is 9.38. The molecule has 1 atom stereocenters. The first-order valence-corrected chi connectivity index (χ1v) is 8.53. The Balaban J connectivity index is 2.25. The molecular weight excluding hydrogens is 328 g/mol. The number of rotatable bonds is 6. The third-order valence-corrected chi connectivity index (χ3v) is 4.89. The van der Waals surface area contributed by atoms with Gasteiger partial charge in [-0.25, -0.2) is 4.79 Å². The van der Waals surface area contributed by atoms with E-state index in [4.69, 9.17) is 4.74 Å². The molecule has 7 nitrogen and oxygen atoms in total. The number of aryl methyl sites for hydroxylation is 1. The van der Waals surface area contributed by atoms with Gasteiger partial charge in [-0.05, 0) is 40.2 Å². The molecular formula is C16H22N4O3S. The highest BCUT2D eigenvalue weighted by molar-refractivity contribution is 8.00. The van der Waals surface area contributed by atoms with E-state index in [9.17, 15) is 9.59 Å². The molecule has 0 spiro atoms. The summed E-state index contributed by atoms with van der Waals surface area (Å²) in [4.78, 5) is 27.7. The Bertz CT molecular complexity index is 763. The van der Waals surface area contributed by atoms with E-state index in [1.807, 2.05) is 25.3 Å². The largest absolute Gasteiger partial charge is 0.465 e. The van der Waals surface area contributed by atoms with Crippen LogP contribution in [0.25, 0.3) is 0 Å². The van der Waals surface area contributed by atoms with Crippen LogP contribution in [0.4, 0.5) is 0 Å². The van der Waals surface area contributed by atoms with Crippen molar-refractivity contribution in [3.8, 4) is 0 Å². The maximum absolute atomic E-state index is 12.8. The Kier molecular flexibility index (Phi) is 5.48. The standard InChI is InChI=1S/C16H22N4O3S/c1-8(2)20-7-17-19-16(20)24-11(5)14(21)13-9(3)12(10(4)18-13)15(22)23-6/h7-8,11,18H,1-6H3/t11-/m0/s1. The number of aromatic nitrogens is 4. The number of methoxy groups -OCH3 is 1. The monoisotopic (exact) mass is 350 g/mol. The summed E-state index contributed by atoms with van der Waals surface area (Å²) in [7, 11) is 1.33. The predicted octanol–water partition coefficient (Wildman–Crippen LogP) is 2.95. The molecule has 0 fully saturated rings. The summed E-state index contributed by atoms with van der Waals surface area (Å²) in [5.74, 6) is -0.533. The van der Waals surface area contributed by atoms with Crippen LogP contribution in [0.1, 0.15) is 58.9 Å². The van der Waals surface area contributed by atoms with Gasteiger partial charge in [0.2, 0.25) is 0 Å². The first-order chi connectivity index (χ1) is 11.3. The average Bonchev–Trinajstić information content (AvgIpc) is 3.10. The summed E-state index contributed by atoms with van der Waals surface area (Å²) in [6, 6.07) is 0.213. The lowest BCUT2D eigenvalue weighted by Crippen LogP contribution is -2.16. The topological polar surface area (TPSA) is 89.9 Å². The Hall–Kier alpha value is -2.09. The van der Waals surface area contributed by atoms with Gasteiger partial charge in [-0.1, -0.05) is 11.8 Å². The van der Waals surface area contributed by atoms with Crippen LogP contribution in [-0.4, -0.2) is 43.9 Å². The highest BCUT2D eigenvalue weighted by atomic mass is 32.2. The molecule has 0 aliphatic heterocycles. The molecule has 0 radical (unpaired) electrons. The molecule has 2 heterocycles. The molecule has 0 amide bonds. The smallest absolute Gasteiger partial charge is 0.339 e. The van der Waals surface area contributed by atoms with Gasteiger partial charge < -0.3 is 14.3 Å². The molecule has 0 saturated carbocycles. The zero-order valence-corrected chi connectivity index (χ0v) is 15.5. The van der Waals surface area contributed by atoms with Crippen LogP contribution in [0.15, 0.2) is 11.5 Å². The minimum atomic E-state index is -0.444. The average molecular weight is 350 g/mol. The number of ether oxygens (including phenoxy) is 1. The first-order valence-electron chi connectivity index (χ1n) is 7.65. The summed E-state index contributed by atoms with van der Waals surface area (Å²) < 4.78 is 6.70. The van der Waals surface area contributed by atoms with Crippen molar-refractivity contribution in [2.75, 3.05) is 7.11 Å². The van der Waals surface area contributed by atoms with Gasteiger partial charge in [0.25, 0.3) is 0 Å². The third-order valence-electron chi connectivity index (χ3n) is 3.82. The van der Waals surface area contributed by atoms with Crippen LogP contribution in [0, 0.1) is 13.8 Å². The zero-order chi connectivity index (χ0) is 18.0. The van der Waals surface area contributed by atoms with Crippen LogP contribution in [-0.2, 0) is 4.74 Å². The number of H-pyrrole nitrogens is 1. The molecule has 2 aromatic heterocycles. The van der Waals surface area contributed by atoms with Gasteiger partial charge in [-0.15, -0.1) is 10.2 Å². The lowest BCUT2D eigenvalue weighted by atomic mass is 10.1. The van der Waals surface area contributed by atoms with Crippen molar-refractivity contribution in [2.45, 2.75) is 51.1 Å². The highest BCUT2D eigenvalue weighted by Gasteiger charge is 2.27. The number of carbonyl (C=O) groups excluding carboxylic acids is 2. The number of Topliss-reactive ketones (excluding diaryl/α,β-unsaturated/α-hetero) is 1. The number of thioether (sulfide) groups is 1. The predicted molar refractivity (Wildman–Crippen MR) is 91.7 cm³/mol. The Morgan fingerprint density at radius 2 is 1.96 bits per heavy atom. The van der Waals surface area contributed by atoms with Crippen molar-refractivity contribution < 1.29 is 14.3 Å². The molecule has 0 unspecified atom stereocenters. The highest BCUT2D eigenvalue weighted by Crippen LogP contribution is 2.28. The Morgan fingerprint density at radius 1 is 1.29 bits per heavy atom. The van der Waals surface area contributed by atoms with Crippen LogP contribution in [0.5, 0.6) is 0 Å². The van der Waals surface area contributed by atoms with Gasteiger partial charge >= 0.3 is 5.97 Å². The second-order valence-electron chi connectivity index (χ2n) is 5.86. The quantitative estimate of drug-likeness (QED) is 0.489. The molecule has 130 valence electrons. The molecule has 0 aliphatic carbocycles. The number of aromatic amines is 1. The lowest BCUT2D eigenvalue weighted by Gasteiger charge is -2.13. The van der Waals surface area contributed by atoms with E-state index in [2.05, 4.69) is 15.2 Å². The van der Waals surface area contributed by atoms with E-state index in [1.54, 1.807) is 20.2 Å².